The number of hydrogen-bond donors (Lipinski definition) is 1. The van der Waals surface area contributed by atoms with Crippen LogP contribution in [0.25, 0.3) is 11.0 Å². The van der Waals surface area contributed by atoms with Crippen LogP contribution in [0.5, 0.6) is 5.75 Å². The third kappa shape index (κ3) is 1.85. The van der Waals surface area contributed by atoms with Crippen LogP contribution in [0.1, 0.15) is 29.8 Å². The van der Waals surface area contributed by atoms with Crippen LogP contribution in [0.4, 0.5) is 14.5 Å². The van der Waals surface area contributed by atoms with Gasteiger partial charge in [0.1, 0.15) is 11.6 Å². The molecule has 0 fully saturated rings. The number of alkyl halides is 2. The van der Waals surface area contributed by atoms with Crippen LogP contribution < -0.4 is 10.1 Å². The van der Waals surface area contributed by atoms with Gasteiger partial charge in [0.25, 0.3) is 0 Å². The average molecular weight is 327 g/mol. The lowest BCUT2D eigenvalue weighted by molar-refractivity contribution is -0.0506. The number of anilines is 1. The van der Waals surface area contributed by atoms with Crippen molar-refractivity contribution in [1.29, 1.82) is 0 Å². The lowest BCUT2D eigenvalue weighted by atomic mass is 9.99. The molecule has 2 bridgehead atoms. The minimum absolute atomic E-state index is 0.0441. The van der Waals surface area contributed by atoms with Gasteiger partial charge in [0.15, 0.2) is 0 Å². The Morgan fingerprint density at radius 1 is 1.17 bits per heavy atom. The van der Waals surface area contributed by atoms with E-state index in [1.807, 2.05) is 30.3 Å². The molecule has 2 aromatic carbocycles. The molecule has 2 aliphatic heterocycles. The van der Waals surface area contributed by atoms with Crippen molar-refractivity contribution in [2.75, 3.05) is 11.9 Å². The zero-order valence-corrected chi connectivity index (χ0v) is 12.7. The Morgan fingerprint density at radius 2 is 2.04 bits per heavy atom. The fourth-order valence-corrected chi connectivity index (χ4v) is 4.05. The fraction of sp³-hybridized carbons (Fsp3) is 0.278. The van der Waals surface area contributed by atoms with Crippen molar-refractivity contribution in [3.05, 3.63) is 53.9 Å². The zero-order valence-electron chi connectivity index (χ0n) is 12.7. The molecule has 0 aliphatic carbocycles. The SMILES string of the molecule is FC(F)Oc1cccc2c1C1CC(CN2)c2nc3ccccc3n21. The summed E-state index contributed by atoms with van der Waals surface area (Å²) in [4.78, 5) is 4.78. The van der Waals surface area contributed by atoms with Gasteiger partial charge in [0, 0.05) is 23.7 Å². The number of nitrogens with zero attached hydrogens (tertiary/aromatic N) is 2. The Hall–Kier alpha value is -2.63. The van der Waals surface area contributed by atoms with Crippen molar-refractivity contribution in [2.24, 2.45) is 0 Å². The second-order valence-corrected chi connectivity index (χ2v) is 6.25. The molecule has 122 valence electrons. The van der Waals surface area contributed by atoms with Crippen molar-refractivity contribution in [1.82, 2.24) is 9.55 Å². The van der Waals surface area contributed by atoms with Crippen molar-refractivity contribution >= 4 is 16.7 Å². The molecular weight excluding hydrogens is 312 g/mol. The summed E-state index contributed by atoms with van der Waals surface area (Å²) >= 11 is 0. The van der Waals surface area contributed by atoms with Crippen molar-refractivity contribution < 1.29 is 13.5 Å². The monoisotopic (exact) mass is 327 g/mol. The molecule has 24 heavy (non-hydrogen) atoms. The predicted molar refractivity (Wildman–Crippen MR) is 86.8 cm³/mol. The van der Waals surface area contributed by atoms with Crippen molar-refractivity contribution in [3.63, 3.8) is 0 Å². The summed E-state index contributed by atoms with van der Waals surface area (Å²) in [6, 6.07) is 13.2. The quantitative estimate of drug-likeness (QED) is 0.769. The highest BCUT2D eigenvalue weighted by Crippen LogP contribution is 2.49. The zero-order chi connectivity index (χ0) is 16.3. The predicted octanol–water partition coefficient (Wildman–Crippen LogP) is 4.14. The van der Waals surface area contributed by atoms with Crippen LogP contribution in [0.3, 0.4) is 0 Å². The minimum atomic E-state index is -2.84. The highest BCUT2D eigenvalue weighted by molar-refractivity contribution is 5.78. The highest BCUT2D eigenvalue weighted by Gasteiger charge is 2.39. The minimum Gasteiger partial charge on any atom is -0.434 e. The molecule has 4 nitrogen and oxygen atoms in total. The van der Waals surface area contributed by atoms with Gasteiger partial charge in [-0.05, 0) is 30.7 Å². The van der Waals surface area contributed by atoms with E-state index >= 15 is 0 Å². The second kappa shape index (κ2) is 4.93. The first-order valence-electron chi connectivity index (χ1n) is 8.01. The Balaban J connectivity index is 1.76. The molecular formula is C18H15F2N3O. The van der Waals surface area contributed by atoms with Crippen LogP contribution in [0, 0.1) is 0 Å². The molecule has 2 aliphatic rings. The van der Waals surface area contributed by atoms with Gasteiger partial charge in [-0.2, -0.15) is 8.78 Å². The first-order valence-corrected chi connectivity index (χ1v) is 8.01. The number of imidazole rings is 1. The Kier molecular flexibility index (Phi) is 2.83. The fourth-order valence-electron chi connectivity index (χ4n) is 4.05. The first kappa shape index (κ1) is 13.8. The molecule has 6 heteroatoms. The number of aromatic nitrogens is 2. The molecule has 1 aromatic heterocycles. The van der Waals surface area contributed by atoms with E-state index in [2.05, 4.69) is 9.88 Å². The van der Waals surface area contributed by atoms with Gasteiger partial charge in [-0.25, -0.2) is 4.98 Å². The first-order chi connectivity index (χ1) is 11.7. The number of halogens is 2. The summed E-state index contributed by atoms with van der Waals surface area (Å²) in [5, 5.41) is 3.38. The number of para-hydroxylation sites is 2. The van der Waals surface area contributed by atoms with E-state index in [1.54, 1.807) is 12.1 Å². The molecule has 0 spiro atoms. The second-order valence-electron chi connectivity index (χ2n) is 6.25. The van der Waals surface area contributed by atoms with Gasteiger partial charge in [0.2, 0.25) is 0 Å². The average Bonchev–Trinajstić information content (AvgIpc) is 3.02. The van der Waals surface area contributed by atoms with Gasteiger partial charge in [-0.3, -0.25) is 0 Å². The van der Waals surface area contributed by atoms with Crippen molar-refractivity contribution in [3.8, 4) is 5.75 Å². The third-order valence-electron chi connectivity index (χ3n) is 4.96. The molecule has 0 amide bonds. The normalized spacial score (nSPS) is 21.3. The summed E-state index contributed by atoms with van der Waals surface area (Å²) in [6.45, 7) is -2.10. The smallest absolute Gasteiger partial charge is 0.387 e. The van der Waals surface area contributed by atoms with Gasteiger partial charge in [0.05, 0.1) is 17.1 Å². The maximum atomic E-state index is 12.9. The molecule has 2 unspecified atom stereocenters. The van der Waals surface area contributed by atoms with Gasteiger partial charge in [-0.15, -0.1) is 0 Å². The van der Waals surface area contributed by atoms with Crippen LogP contribution in [0.15, 0.2) is 42.5 Å². The summed E-state index contributed by atoms with van der Waals surface area (Å²) in [7, 11) is 0. The molecule has 0 saturated carbocycles. The van der Waals surface area contributed by atoms with E-state index in [0.717, 1.165) is 41.1 Å². The van der Waals surface area contributed by atoms with Gasteiger partial charge >= 0.3 is 6.61 Å². The maximum absolute atomic E-state index is 12.9. The van der Waals surface area contributed by atoms with Crippen LogP contribution in [-0.4, -0.2) is 22.7 Å². The molecule has 5 rings (SSSR count). The summed E-state index contributed by atoms with van der Waals surface area (Å²) in [5.41, 5.74) is 3.64. The van der Waals surface area contributed by atoms with Gasteiger partial charge in [-0.1, -0.05) is 18.2 Å². The topological polar surface area (TPSA) is 39.1 Å². The Morgan fingerprint density at radius 3 is 2.92 bits per heavy atom. The summed E-state index contributed by atoms with van der Waals surface area (Å²) in [6.07, 6.45) is 0.844. The molecule has 3 aromatic rings. The Bertz CT molecular complexity index is 937. The van der Waals surface area contributed by atoms with Crippen LogP contribution in [-0.2, 0) is 0 Å². The van der Waals surface area contributed by atoms with E-state index in [4.69, 9.17) is 9.72 Å². The number of nitrogens with one attached hydrogen (secondary N) is 1. The van der Waals surface area contributed by atoms with E-state index in [9.17, 15) is 8.78 Å². The summed E-state index contributed by atoms with van der Waals surface area (Å²) in [5.74, 6) is 1.52. The van der Waals surface area contributed by atoms with Crippen LogP contribution in [0.2, 0.25) is 0 Å². The van der Waals surface area contributed by atoms with Crippen LogP contribution >= 0.6 is 0 Å². The lowest BCUT2D eigenvalue weighted by Crippen LogP contribution is -2.15. The highest BCUT2D eigenvalue weighted by atomic mass is 19.3. The van der Waals surface area contributed by atoms with E-state index in [0.29, 0.717) is 0 Å². The maximum Gasteiger partial charge on any atom is 0.387 e. The number of ether oxygens (including phenoxy) is 1. The van der Waals surface area contributed by atoms with E-state index in [-0.39, 0.29) is 17.7 Å². The molecule has 0 saturated heterocycles. The number of hydrogen-bond acceptors (Lipinski definition) is 3. The van der Waals surface area contributed by atoms with Crippen molar-refractivity contribution in [2.45, 2.75) is 25.0 Å². The van der Waals surface area contributed by atoms with Gasteiger partial charge < -0.3 is 14.6 Å². The summed E-state index contributed by atoms with van der Waals surface area (Å²) < 4.78 is 32.7. The molecule has 0 radical (unpaired) electrons. The lowest BCUT2D eigenvalue weighted by Gasteiger charge is -2.22. The number of fused-ring (bicyclic) bond motifs is 9. The number of rotatable bonds is 2. The van der Waals surface area contributed by atoms with E-state index in [1.165, 1.54) is 0 Å². The third-order valence-corrected chi connectivity index (χ3v) is 4.96. The molecule has 1 N–H and O–H groups in total. The molecule has 3 heterocycles. The Labute approximate surface area is 137 Å². The number of benzene rings is 2. The largest absolute Gasteiger partial charge is 0.434 e. The standard InChI is InChI=1S/C18H15F2N3O/c19-18(20)24-15-7-3-5-12-16(15)14-8-10(9-21-12)17-22-11-4-1-2-6-13(11)23(14)17/h1-7,10,14,18,21H,8-9H2. The molecule has 2 atom stereocenters. The van der Waals surface area contributed by atoms with E-state index < -0.39 is 6.61 Å².